The number of pyridine rings is 1. The molecule has 0 N–H and O–H groups in total. The minimum absolute atomic E-state index is 0.160. The SMILES string of the molecule is CCCCCOc1cccn(Cc2ccccc2C#N)c1=O. The van der Waals surface area contributed by atoms with Crippen molar-refractivity contribution >= 4 is 0 Å². The highest BCUT2D eigenvalue weighted by Gasteiger charge is 2.07. The van der Waals surface area contributed by atoms with Gasteiger partial charge < -0.3 is 9.30 Å². The molecule has 0 unspecified atom stereocenters. The fourth-order valence-electron chi connectivity index (χ4n) is 2.23. The normalized spacial score (nSPS) is 10.2. The molecule has 0 aliphatic heterocycles. The van der Waals surface area contributed by atoms with Crippen LogP contribution in [0.4, 0.5) is 0 Å². The molecule has 0 saturated heterocycles. The Morgan fingerprint density at radius 2 is 2.00 bits per heavy atom. The molecule has 1 heterocycles. The van der Waals surface area contributed by atoms with Crippen molar-refractivity contribution in [1.29, 1.82) is 5.26 Å². The van der Waals surface area contributed by atoms with Gasteiger partial charge in [-0.1, -0.05) is 38.0 Å². The molecule has 0 fully saturated rings. The van der Waals surface area contributed by atoms with Gasteiger partial charge in [0.05, 0.1) is 24.8 Å². The topological polar surface area (TPSA) is 55.0 Å². The number of hydrogen-bond acceptors (Lipinski definition) is 3. The summed E-state index contributed by atoms with van der Waals surface area (Å²) in [5, 5.41) is 9.12. The quantitative estimate of drug-likeness (QED) is 0.736. The summed E-state index contributed by atoms with van der Waals surface area (Å²) in [7, 11) is 0. The van der Waals surface area contributed by atoms with Gasteiger partial charge in [-0.15, -0.1) is 0 Å². The Hall–Kier alpha value is -2.54. The average Bonchev–Trinajstić information content (AvgIpc) is 2.55. The molecule has 4 heteroatoms. The Bertz CT molecular complexity index is 714. The number of nitriles is 1. The smallest absolute Gasteiger partial charge is 0.293 e. The van der Waals surface area contributed by atoms with E-state index < -0.39 is 0 Å². The maximum absolute atomic E-state index is 12.4. The van der Waals surface area contributed by atoms with E-state index in [4.69, 9.17) is 10.00 Å². The second-order valence-corrected chi connectivity index (χ2v) is 5.13. The molecule has 2 rings (SSSR count). The second-order valence-electron chi connectivity index (χ2n) is 5.13. The second kappa shape index (κ2) is 8.04. The molecular formula is C18H20N2O2. The van der Waals surface area contributed by atoms with Crippen LogP contribution >= 0.6 is 0 Å². The van der Waals surface area contributed by atoms with E-state index in [1.54, 1.807) is 29.0 Å². The molecule has 0 spiro atoms. The summed E-state index contributed by atoms with van der Waals surface area (Å²) in [6.07, 6.45) is 4.88. The number of ether oxygens (including phenoxy) is 1. The first-order chi connectivity index (χ1) is 10.8. The van der Waals surface area contributed by atoms with Crippen LogP contribution in [0.25, 0.3) is 0 Å². The van der Waals surface area contributed by atoms with Crippen LogP contribution in [0.15, 0.2) is 47.4 Å². The van der Waals surface area contributed by atoms with Gasteiger partial charge in [0.2, 0.25) is 0 Å². The van der Waals surface area contributed by atoms with Crippen LogP contribution in [0.5, 0.6) is 5.75 Å². The molecule has 0 bridgehead atoms. The monoisotopic (exact) mass is 296 g/mol. The number of benzene rings is 1. The first kappa shape index (κ1) is 15.8. The van der Waals surface area contributed by atoms with Gasteiger partial charge in [-0.2, -0.15) is 5.26 Å². The Morgan fingerprint density at radius 3 is 2.77 bits per heavy atom. The number of nitrogens with zero attached hydrogens (tertiary/aromatic N) is 2. The predicted molar refractivity (Wildman–Crippen MR) is 86.0 cm³/mol. The molecule has 1 aromatic carbocycles. The highest BCUT2D eigenvalue weighted by atomic mass is 16.5. The number of aromatic nitrogens is 1. The van der Waals surface area contributed by atoms with Crippen LogP contribution in [0.2, 0.25) is 0 Å². The van der Waals surface area contributed by atoms with E-state index in [9.17, 15) is 4.79 Å². The van der Waals surface area contributed by atoms with E-state index in [1.165, 1.54) is 0 Å². The predicted octanol–water partition coefficient (Wildman–Crippen LogP) is 3.34. The molecule has 4 nitrogen and oxygen atoms in total. The molecule has 2 aromatic rings. The Kier molecular flexibility index (Phi) is 5.79. The van der Waals surface area contributed by atoms with Gasteiger partial charge in [-0.05, 0) is 30.2 Å². The fourth-order valence-corrected chi connectivity index (χ4v) is 2.23. The van der Waals surface area contributed by atoms with Crippen molar-refractivity contribution in [3.63, 3.8) is 0 Å². The van der Waals surface area contributed by atoms with Crippen LogP contribution < -0.4 is 10.3 Å². The fraction of sp³-hybridized carbons (Fsp3) is 0.333. The van der Waals surface area contributed by atoms with Gasteiger partial charge in [0.1, 0.15) is 0 Å². The summed E-state index contributed by atoms with van der Waals surface area (Å²) in [5.74, 6) is 0.369. The third-order valence-electron chi connectivity index (χ3n) is 3.47. The Balaban J connectivity index is 2.15. The van der Waals surface area contributed by atoms with Crippen molar-refractivity contribution in [2.75, 3.05) is 6.61 Å². The van der Waals surface area contributed by atoms with Crippen molar-refractivity contribution < 1.29 is 4.74 Å². The first-order valence-corrected chi connectivity index (χ1v) is 7.56. The third-order valence-corrected chi connectivity index (χ3v) is 3.47. The molecule has 0 aliphatic carbocycles. The van der Waals surface area contributed by atoms with Crippen LogP contribution in [-0.4, -0.2) is 11.2 Å². The number of hydrogen-bond donors (Lipinski definition) is 0. The van der Waals surface area contributed by atoms with E-state index in [1.807, 2.05) is 18.2 Å². The van der Waals surface area contributed by atoms with Gasteiger partial charge in [-0.3, -0.25) is 4.79 Å². The van der Waals surface area contributed by atoms with E-state index in [0.29, 0.717) is 24.5 Å². The zero-order chi connectivity index (χ0) is 15.8. The molecule has 0 atom stereocenters. The van der Waals surface area contributed by atoms with Crippen molar-refractivity contribution in [3.05, 3.63) is 64.1 Å². The summed E-state index contributed by atoms with van der Waals surface area (Å²) >= 11 is 0. The third kappa shape index (κ3) is 3.98. The molecule has 0 radical (unpaired) electrons. The Labute approximate surface area is 130 Å². The summed E-state index contributed by atoms with van der Waals surface area (Å²) in [5.41, 5.74) is 1.26. The number of unbranched alkanes of at least 4 members (excludes halogenated alkanes) is 2. The lowest BCUT2D eigenvalue weighted by atomic mass is 10.1. The number of rotatable bonds is 7. The lowest BCUT2D eigenvalue weighted by Gasteiger charge is -2.10. The van der Waals surface area contributed by atoms with Crippen molar-refractivity contribution in [1.82, 2.24) is 4.57 Å². The lowest BCUT2D eigenvalue weighted by molar-refractivity contribution is 0.300. The highest BCUT2D eigenvalue weighted by molar-refractivity contribution is 5.37. The minimum atomic E-state index is -0.160. The molecule has 114 valence electrons. The summed E-state index contributed by atoms with van der Waals surface area (Å²) in [4.78, 5) is 12.4. The van der Waals surface area contributed by atoms with E-state index in [2.05, 4.69) is 13.0 Å². The molecule has 22 heavy (non-hydrogen) atoms. The molecule has 0 aliphatic rings. The largest absolute Gasteiger partial charge is 0.488 e. The molecule has 0 saturated carbocycles. The van der Waals surface area contributed by atoms with Crippen LogP contribution in [0.1, 0.15) is 37.3 Å². The van der Waals surface area contributed by atoms with Crippen molar-refractivity contribution in [2.24, 2.45) is 0 Å². The van der Waals surface area contributed by atoms with Gasteiger partial charge in [0.25, 0.3) is 5.56 Å². The van der Waals surface area contributed by atoms with E-state index >= 15 is 0 Å². The van der Waals surface area contributed by atoms with Crippen molar-refractivity contribution in [2.45, 2.75) is 32.7 Å². The van der Waals surface area contributed by atoms with Crippen LogP contribution in [0, 0.1) is 11.3 Å². The zero-order valence-corrected chi connectivity index (χ0v) is 12.8. The maximum atomic E-state index is 12.4. The Morgan fingerprint density at radius 1 is 1.18 bits per heavy atom. The van der Waals surface area contributed by atoms with Gasteiger partial charge in [0.15, 0.2) is 5.75 Å². The summed E-state index contributed by atoms with van der Waals surface area (Å²) < 4.78 is 7.15. The molecule has 1 aromatic heterocycles. The van der Waals surface area contributed by atoms with E-state index in [-0.39, 0.29) is 5.56 Å². The molecular weight excluding hydrogens is 276 g/mol. The van der Waals surface area contributed by atoms with Crippen LogP contribution in [0.3, 0.4) is 0 Å². The summed E-state index contributed by atoms with van der Waals surface area (Å²) in [6, 6.07) is 12.9. The van der Waals surface area contributed by atoms with E-state index in [0.717, 1.165) is 24.8 Å². The zero-order valence-electron chi connectivity index (χ0n) is 12.8. The van der Waals surface area contributed by atoms with Crippen molar-refractivity contribution in [3.8, 4) is 11.8 Å². The maximum Gasteiger partial charge on any atom is 0.293 e. The van der Waals surface area contributed by atoms with Gasteiger partial charge in [0, 0.05) is 6.20 Å². The molecule has 0 amide bonds. The minimum Gasteiger partial charge on any atom is -0.488 e. The first-order valence-electron chi connectivity index (χ1n) is 7.56. The standard InChI is InChI=1S/C18H20N2O2/c1-2-3-6-12-22-17-10-7-11-20(18(17)21)14-16-9-5-4-8-15(16)13-19/h4-5,7-11H,2-3,6,12,14H2,1H3. The van der Waals surface area contributed by atoms with Gasteiger partial charge in [-0.25, -0.2) is 0 Å². The van der Waals surface area contributed by atoms with Gasteiger partial charge >= 0.3 is 0 Å². The highest BCUT2D eigenvalue weighted by Crippen LogP contribution is 2.10. The summed E-state index contributed by atoms with van der Waals surface area (Å²) in [6.45, 7) is 3.05. The lowest BCUT2D eigenvalue weighted by Crippen LogP contribution is -2.22. The average molecular weight is 296 g/mol. The van der Waals surface area contributed by atoms with Crippen LogP contribution in [-0.2, 0) is 6.54 Å².